The lowest BCUT2D eigenvalue weighted by atomic mass is 10.00. The van der Waals surface area contributed by atoms with Crippen LogP contribution in [0.1, 0.15) is 22.8 Å². The number of amides is 1. The molecule has 2 aromatic carbocycles. The van der Waals surface area contributed by atoms with Crippen LogP contribution in [0.2, 0.25) is 10.0 Å². The molecular formula is C17H15Cl2NO3. The van der Waals surface area contributed by atoms with E-state index in [1.165, 1.54) is 6.07 Å². The second kappa shape index (κ2) is 7.49. The van der Waals surface area contributed by atoms with Crippen LogP contribution in [-0.2, 0) is 11.2 Å². The van der Waals surface area contributed by atoms with Crippen LogP contribution in [-0.4, -0.2) is 17.0 Å². The molecule has 0 saturated carbocycles. The SMILES string of the molecule is CC(Cc1ccc(Cl)c(Cl)c1)C(=O)Nc1ccccc1C(=O)O. The highest BCUT2D eigenvalue weighted by molar-refractivity contribution is 6.42. The minimum atomic E-state index is -1.09. The number of hydrogen-bond acceptors (Lipinski definition) is 2. The highest BCUT2D eigenvalue weighted by Crippen LogP contribution is 2.24. The normalized spacial score (nSPS) is 11.8. The fourth-order valence-electron chi connectivity index (χ4n) is 2.15. The van der Waals surface area contributed by atoms with Gasteiger partial charge in [-0.2, -0.15) is 0 Å². The van der Waals surface area contributed by atoms with Gasteiger partial charge in [0, 0.05) is 5.92 Å². The number of para-hydroxylation sites is 1. The Bertz CT molecular complexity index is 746. The first-order valence-corrected chi connectivity index (χ1v) is 7.71. The monoisotopic (exact) mass is 351 g/mol. The van der Waals surface area contributed by atoms with Gasteiger partial charge in [0.05, 0.1) is 21.3 Å². The van der Waals surface area contributed by atoms with E-state index in [9.17, 15) is 9.59 Å². The maximum atomic E-state index is 12.3. The van der Waals surface area contributed by atoms with Gasteiger partial charge in [0.25, 0.3) is 0 Å². The summed E-state index contributed by atoms with van der Waals surface area (Å²) in [7, 11) is 0. The number of carboxylic acid groups (broad SMARTS) is 1. The Hall–Kier alpha value is -2.04. The Morgan fingerprint density at radius 2 is 1.83 bits per heavy atom. The van der Waals surface area contributed by atoms with Crippen LogP contribution in [0.4, 0.5) is 5.69 Å². The van der Waals surface area contributed by atoms with Crippen LogP contribution < -0.4 is 5.32 Å². The highest BCUT2D eigenvalue weighted by atomic mass is 35.5. The van der Waals surface area contributed by atoms with Gasteiger partial charge in [-0.15, -0.1) is 0 Å². The third-order valence-electron chi connectivity index (χ3n) is 3.39. The third kappa shape index (κ3) is 4.47. The average molecular weight is 352 g/mol. The molecule has 0 saturated heterocycles. The van der Waals surface area contributed by atoms with Gasteiger partial charge in [-0.3, -0.25) is 4.79 Å². The molecule has 2 N–H and O–H groups in total. The fourth-order valence-corrected chi connectivity index (χ4v) is 2.47. The number of carboxylic acids is 1. The Labute approximate surface area is 144 Å². The number of anilines is 1. The Balaban J connectivity index is 2.08. The summed E-state index contributed by atoms with van der Waals surface area (Å²) in [5.41, 5.74) is 1.22. The molecule has 6 heteroatoms. The largest absolute Gasteiger partial charge is 0.478 e. The first-order valence-electron chi connectivity index (χ1n) is 6.95. The molecule has 0 radical (unpaired) electrons. The number of carbonyl (C=O) groups is 2. The van der Waals surface area contributed by atoms with Crippen molar-refractivity contribution in [2.45, 2.75) is 13.3 Å². The van der Waals surface area contributed by atoms with Crippen molar-refractivity contribution in [3.8, 4) is 0 Å². The van der Waals surface area contributed by atoms with Crippen molar-refractivity contribution in [2.24, 2.45) is 5.92 Å². The lowest BCUT2D eigenvalue weighted by Gasteiger charge is -2.14. The van der Waals surface area contributed by atoms with Crippen molar-refractivity contribution in [2.75, 3.05) is 5.32 Å². The van der Waals surface area contributed by atoms with Crippen LogP contribution in [0.3, 0.4) is 0 Å². The van der Waals surface area contributed by atoms with Crippen molar-refractivity contribution >= 4 is 40.8 Å². The van der Waals surface area contributed by atoms with Crippen molar-refractivity contribution in [1.29, 1.82) is 0 Å². The van der Waals surface area contributed by atoms with Gasteiger partial charge in [0.15, 0.2) is 0 Å². The van der Waals surface area contributed by atoms with E-state index < -0.39 is 5.97 Å². The molecular weight excluding hydrogens is 337 g/mol. The zero-order valence-electron chi connectivity index (χ0n) is 12.3. The molecule has 2 aromatic rings. The molecule has 0 aliphatic carbocycles. The van der Waals surface area contributed by atoms with Gasteiger partial charge in [-0.05, 0) is 36.2 Å². The number of rotatable bonds is 5. The van der Waals surface area contributed by atoms with Crippen LogP contribution in [0.25, 0.3) is 0 Å². The van der Waals surface area contributed by atoms with Crippen LogP contribution in [0.5, 0.6) is 0 Å². The molecule has 0 bridgehead atoms. The van der Waals surface area contributed by atoms with Gasteiger partial charge in [0.1, 0.15) is 0 Å². The second-order valence-corrected chi connectivity index (χ2v) is 6.01. The molecule has 0 heterocycles. The second-order valence-electron chi connectivity index (χ2n) is 5.19. The van der Waals surface area contributed by atoms with E-state index >= 15 is 0 Å². The van der Waals surface area contributed by atoms with E-state index in [4.69, 9.17) is 28.3 Å². The minimum Gasteiger partial charge on any atom is -0.478 e. The van der Waals surface area contributed by atoms with Crippen molar-refractivity contribution in [3.63, 3.8) is 0 Å². The predicted molar refractivity (Wildman–Crippen MR) is 91.4 cm³/mol. The molecule has 1 amide bonds. The molecule has 0 spiro atoms. The molecule has 0 aliphatic rings. The molecule has 0 aromatic heterocycles. The topological polar surface area (TPSA) is 66.4 Å². The van der Waals surface area contributed by atoms with E-state index in [1.807, 2.05) is 6.07 Å². The summed E-state index contributed by atoms with van der Waals surface area (Å²) in [5, 5.41) is 12.7. The van der Waals surface area contributed by atoms with E-state index in [2.05, 4.69) is 5.32 Å². The van der Waals surface area contributed by atoms with Gasteiger partial charge in [-0.1, -0.05) is 48.3 Å². The minimum absolute atomic E-state index is 0.0580. The van der Waals surface area contributed by atoms with Crippen molar-refractivity contribution in [1.82, 2.24) is 0 Å². The van der Waals surface area contributed by atoms with Gasteiger partial charge in [0.2, 0.25) is 5.91 Å². The van der Waals surface area contributed by atoms with E-state index in [0.29, 0.717) is 16.5 Å². The lowest BCUT2D eigenvalue weighted by molar-refractivity contribution is -0.119. The first kappa shape index (κ1) is 17.3. The molecule has 4 nitrogen and oxygen atoms in total. The summed E-state index contributed by atoms with van der Waals surface area (Å²) in [6.45, 7) is 1.77. The van der Waals surface area contributed by atoms with Crippen molar-refractivity contribution < 1.29 is 14.7 Å². The number of hydrogen-bond donors (Lipinski definition) is 2. The van der Waals surface area contributed by atoms with E-state index in [-0.39, 0.29) is 23.1 Å². The zero-order chi connectivity index (χ0) is 17.0. The summed E-state index contributed by atoms with van der Waals surface area (Å²) >= 11 is 11.8. The molecule has 120 valence electrons. The third-order valence-corrected chi connectivity index (χ3v) is 4.13. The lowest BCUT2D eigenvalue weighted by Crippen LogP contribution is -2.23. The summed E-state index contributed by atoms with van der Waals surface area (Å²) in [6.07, 6.45) is 0.470. The molecule has 1 unspecified atom stereocenters. The van der Waals surface area contributed by atoms with E-state index in [1.54, 1.807) is 37.3 Å². The standard InChI is InChI=1S/C17H15Cl2NO3/c1-10(8-11-6-7-13(18)14(19)9-11)16(21)20-15-5-3-2-4-12(15)17(22)23/h2-7,9-10H,8H2,1H3,(H,20,21)(H,22,23). The van der Waals surface area contributed by atoms with Gasteiger partial charge in [-0.25, -0.2) is 4.79 Å². The Kier molecular flexibility index (Phi) is 5.64. The number of halogens is 2. The maximum Gasteiger partial charge on any atom is 0.337 e. The molecule has 1 atom stereocenters. The number of benzene rings is 2. The molecule has 2 rings (SSSR count). The molecule has 23 heavy (non-hydrogen) atoms. The number of aromatic carboxylic acids is 1. The summed E-state index contributed by atoms with van der Waals surface area (Å²) in [4.78, 5) is 23.4. The summed E-state index contributed by atoms with van der Waals surface area (Å²) < 4.78 is 0. The highest BCUT2D eigenvalue weighted by Gasteiger charge is 2.17. The maximum absolute atomic E-state index is 12.3. The predicted octanol–water partition coefficient (Wildman–Crippen LogP) is 4.51. The smallest absolute Gasteiger partial charge is 0.337 e. The Morgan fingerprint density at radius 3 is 2.48 bits per heavy atom. The number of carbonyl (C=O) groups excluding carboxylic acids is 1. The van der Waals surface area contributed by atoms with Gasteiger partial charge >= 0.3 is 5.97 Å². The van der Waals surface area contributed by atoms with Crippen LogP contribution in [0.15, 0.2) is 42.5 Å². The fraction of sp³-hybridized carbons (Fsp3) is 0.176. The molecule has 0 aliphatic heterocycles. The summed E-state index contributed by atoms with van der Waals surface area (Å²) in [6, 6.07) is 11.5. The average Bonchev–Trinajstić information content (AvgIpc) is 2.51. The van der Waals surface area contributed by atoms with E-state index in [0.717, 1.165) is 5.56 Å². The summed E-state index contributed by atoms with van der Waals surface area (Å²) in [5.74, 6) is -1.70. The zero-order valence-corrected chi connectivity index (χ0v) is 13.9. The van der Waals surface area contributed by atoms with Gasteiger partial charge < -0.3 is 10.4 Å². The quantitative estimate of drug-likeness (QED) is 0.832. The number of nitrogens with one attached hydrogen (secondary N) is 1. The van der Waals surface area contributed by atoms with Crippen LogP contribution in [0, 0.1) is 5.92 Å². The van der Waals surface area contributed by atoms with Crippen molar-refractivity contribution in [3.05, 3.63) is 63.6 Å². The first-order chi connectivity index (χ1) is 10.9. The van der Waals surface area contributed by atoms with Crippen LogP contribution >= 0.6 is 23.2 Å². The Morgan fingerprint density at radius 1 is 1.13 bits per heavy atom. The molecule has 0 fully saturated rings.